The van der Waals surface area contributed by atoms with Crippen LogP contribution in [0.2, 0.25) is 0 Å². The molecule has 0 bridgehead atoms. The van der Waals surface area contributed by atoms with E-state index in [0.29, 0.717) is 17.5 Å². The topological polar surface area (TPSA) is 38.7 Å². The third kappa shape index (κ3) is 4.81. The van der Waals surface area contributed by atoms with Gasteiger partial charge in [-0.15, -0.1) is 0 Å². The van der Waals surface area contributed by atoms with E-state index < -0.39 is 0 Å². The molecule has 206 valence electrons. The van der Waals surface area contributed by atoms with E-state index in [1.165, 1.54) is 21.7 Å². The number of aromatic nitrogens is 3. The summed E-state index contributed by atoms with van der Waals surface area (Å²) in [4.78, 5) is 15.2. The van der Waals surface area contributed by atoms with Gasteiger partial charge in [-0.25, -0.2) is 15.0 Å². The van der Waals surface area contributed by atoms with E-state index in [1.54, 1.807) is 0 Å². The fourth-order valence-electron chi connectivity index (χ4n) is 5.90. The van der Waals surface area contributed by atoms with Crippen LogP contribution in [0.3, 0.4) is 0 Å². The van der Waals surface area contributed by atoms with Crippen LogP contribution in [0.15, 0.2) is 164 Å². The fraction of sp³-hybridized carbons (Fsp3) is 0. The zero-order chi connectivity index (χ0) is 29.3. The van der Waals surface area contributed by atoms with Gasteiger partial charge < -0.3 is 0 Å². The molecule has 0 saturated carbocycles. The van der Waals surface area contributed by atoms with Crippen LogP contribution in [0.5, 0.6) is 0 Å². The van der Waals surface area contributed by atoms with Crippen LogP contribution in [0, 0.1) is 0 Å². The van der Waals surface area contributed by atoms with Gasteiger partial charge in [-0.05, 0) is 68.1 Å². The molecule has 44 heavy (non-hydrogen) atoms. The molecular formula is C41H27N3. The molecule has 0 N–H and O–H groups in total. The molecule has 0 radical (unpaired) electrons. The number of hydrogen-bond donors (Lipinski definition) is 0. The van der Waals surface area contributed by atoms with Gasteiger partial charge in [-0.2, -0.15) is 0 Å². The molecule has 0 amide bonds. The second kappa shape index (κ2) is 11.0. The van der Waals surface area contributed by atoms with Crippen LogP contribution in [0.4, 0.5) is 0 Å². The molecule has 3 nitrogen and oxygen atoms in total. The Hall–Kier alpha value is -5.93. The minimum atomic E-state index is 0.644. The van der Waals surface area contributed by atoms with Crippen LogP contribution in [0.25, 0.3) is 78.0 Å². The summed E-state index contributed by atoms with van der Waals surface area (Å²) in [6.07, 6.45) is 0. The second-order valence-corrected chi connectivity index (χ2v) is 10.9. The van der Waals surface area contributed by atoms with E-state index in [4.69, 9.17) is 15.0 Å². The summed E-state index contributed by atoms with van der Waals surface area (Å²) in [5, 5.41) is 4.69. The lowest BCUT2D eigenvalue weighted by atomic mass is 9.87. The molecule has 0 spiro atoms. The van der Waals surface area contributed by atoms with Crippen molar-refractivity contribution in [3.63, 3.8) is 0 Å². The largest absolute Gasteiger partial charge is 0.208 e. The minimum Gasteiger partial charge on any atom is -0.208 e. The summed E-state index contributed by atoms with van der Waals surface area (Å²) in [6, 6.07) is 57.1. The Kier molecular flexibility index (Phi) is 6.47. The molecule has 0 aliphatic rings. The highest BCUT2D eigenvalue weighted by Gasteiger charge is 2.19. The molecule has 0 atom stereocenters. The molecule has 0 fully saturated rings. The summed E-state index contributed by atoms with van der Waals surface area (Å²) in [6.45, 7) is 0. The predicted octanol–water partition coefficient (Wildman–Crippen LogP) is 10.5. The predicted molar refractivity (Wildman–Crippen MR) is 182 cm³/mol. The third-order valence-corrected chi connectivity index (χ3v) is 8.09. The Balaban J connectivity index is 1.46. The van der Waals surface area contributed by atoms with Gasteiger partial charge in [-0.3, -0.25) is 0 Å². The maximum Gasteiger partial charge on any atom is 0.164 e. The molecule has 0 unspecified atom stereocenters. The number of hydrogen-bond acceptors (Lipinski definition) is 3. The molecule has 8 aromatic rings. The van der Waals surface area contributed by atoms with Crippen molar-refractivity contribution in [1.82, 2.24) is 15.0 Å². The molecule has 8 rings (SSSR count). The normalized spacial score (nSPS) is 11.2. The number of benzene rings is 7. The van der Waals surface area contributed by atoms with Crippen molar-refractivity contribution in [2.24, 2.45) is 0 Å². The Morgan fingerprint density at radius 1 is 0.250 bits per heavy atom. The average Bonchev–Trinajstić information content (AvgIpc) is 3.11. The fourth-order valence-corrected chi connectivity index (χ4v) is 5.90. The number of fused-ring (bicyclic) bond motifs is 2. The Labute approximate surface area is 256 Å². The van der Waals surface area contributed by atoms with E-state index in [1.807, 2.05) is 60.7 Å². The van der Waals surface area contributed by atoms with Gasteiger partial charge in [0.25, 0.3) is 0 Å². The average molecular weight is 562 g/mol. The quantitative estimate of drug-likeness (QED) is 0.210. The smallest absolute Gasteiger partial charge is 0.164 e. The van der Waals surface area contributed by atoms with E-state index >= 15 is 0 Å². The molecule has 0 aliphatic heterocycles. The van der Waals surface area contributed by atoms with Gasteiger partial charge in [0, 0.05) is 16.7 Å². The van der Waals surface area contributed by atoms with E-state index in [2.05, 4.69) is 103 Å². The van der Waals surface area contributed by atoms with Crippen LogP contribution < -0.4 is 0 Å². The van der Waals surface area contributed by atoms with Crippen molar-refractivity contribution in [2.45, 2.75) is 0 Å². The molecule has 7 aromatic carbocycles. The second-order valence-electron chi connectivity index (χ2n) is 10.9. The summed E-state index contributed by atoms with van der Waals surface area (Å²) in [5.41, 5.74) is 7.42. The summed E-state index contributed by atoms with van der Waals surface area (Å²) in [5.74, 6) is 1.94. The molecule has 0 aliphatic carbocycles. The third-order valence-electron chi connectivity index (χ3n) is 8.09. The van der Waals surface area contributed by atoms with Crippen molar-refractivity contribution in [1.29, 1.82) is 0 Å². The minimum absolute atomic E-state index is 0.644. The van der Waals surface area contributed by atoms with Gasteiger partial charge >= 0.3 is 0 Å². The van der Waals surface area contributed by atoms with Crippen LogP contribution in [-0.4, -0.2) is 15.0 Å². The van der Waals surface area contributed by atoms with Crippen LogP contribution >= 0.6 is 0 Å². The molecule has 3 heteroatoms. The first-order valence-corrected chi connectivity index (χ1v) is 14.8. The first kappa shape index (κ1) is 25.8. The van der Waals surface area contributed by atoms with Gasteiger partial charge in [0.05, 0.1) is 0 Å². The van der Waals surface area contributed by atoms with Crippen molar-refractivity contribution >= 4 is 21.5 Å². The highest BCUT2D eigenvalue weighted by Crippen LogP contribution is 2.42. The van der Waals surface area contributed by atoms with Crippen LogP contribution in [-0.2, 0) is 0 Å². The SMILES string of the molecule is c1ccc(-c2nc(-c3ccccc3)nc(-c3cc4ccccc4cc3-c3cc4ccccc4cc3-c3ccccc3)n2)cc1. The van der Waals surface area contributed by atoms with Crippen molar-refractivity contribution < 1.29 is 0 Å². The Morgan fingerprint density at radius 3 is 1.02 bits per heavy atom. The number of nitrogens with zero attached hydrogens (tertiary/aromatic N) is 3. The lowest BCUT2D eigenvalue weighted by Crippen LogP contribution is -2.01. The zero-order valence-electron chi connectivity index (χ0n) is 23.9. The zero-order valence-corrected chi connectivity index (χ0v) is 23.9. The summed E-state index contributed by atoms with van der Waals surface area (Å²) < 4.78 is 0. The molecule has 1 aromatic heterocycles. The van der Waals surface area contributed by atoms with E-state index in [0.717, 1.165) is 38.8 Å². The molecule has 0 saturated heterocycles. The highest BCUT2D eigenvalue weighted by molar-refractivity contribution is 6.03. The van der Waals surface area contributed by atoms with Gasteiger partial charge in [0.2, 0.25) is 0 Å². The van der Waals surface area contributed by atoms with Crippen molar-refractivity contribution in [2.75, 3.05) is 0 Å². The van der Waals surface area contributed by atoms with E-state index in [-0.39, 0.29) is 0 Å². The number of rotatable bonds is 5. The lowest BCUT2D eigenvalue weighted by molar-refractivity contribution is 1.07. The Morgan fingerprint density at radius 2 is 0.568 bits per heavy atom. The monoisotopic (exact) mass is 561 g/mol. The first-order chi connectivity index (χ1) is 21.8. The molecule has 1 heterocycles. The summed E-state index contributed by atoms with van der Waals surface area (Å²) in [7, 11) is 0. The Bertz CT molecular complexity index is 2200. The maximum absolute atomic E-state index is 5.13. The maximum atomic E-state index is 5.13. The van der Waals surface area contributed by atoms with E-state index in [9.17, 15) is 0 Å². The van der Waals surface area contributed by atoms with Gasteiger partial charge in [-0.1, -0.05) is 140 Å². The highest BCUT2D eigenvalue weighted by atomic mass is 15.0. The van der Waals surface area contributed by atoms with Gasteiger partial charge in [0.15, 0.2) is 17.5 Å². The first-order valence-electron chi connectivity index (χ1n) is 14.8. The lowest BCUT2D eigenvalue weighted by Gasteiger charge is -2.17. The van der Waals surface area contributed by atoms with Crippen LogP contribution in [0.1, 0.15) is 0 Å². The van der Waals surface area contributed by atoms with Crippen molar-refractivity contribution in [3.8, 4) is 56.4 Å². The van der Waals surface area contributed by atoms with Crippen molar-refractivity contribution in [3.05, 3.63) is 164 Å². The summed E-state index contributed by atoms with van der Waals surface area (Å²) >= 11 is 0. The standard InChI is InChI=1S/C41H27N3/c1-4-14-28(15-5-1)35-24-31-20-10-11-21-32(31)25-36(35)37-26-33-22-12-13-23-34(33)27-38(37)41-43-39(29-16-6-2-7-17-29)42-40(44-41)30-18-8-3-9-19-30/h1-27H. The van der Waals surface area contributed by atoms with Gasteiger partial charge in [0.1, 0.15) is 0 Å². The molecular weight excluding hydrogens is 534 g/mol.